The fourth-order valence-corrected chi connectivity index (χ4v) is 10.5. The molecule has 2 atom stereocenters. The van der Waals surface area contributed by atoms with Crippen LogP contribution in [0.3, 0.4) is 0 Å². The second kappa shape index (κ2) is 13.8. The summed E-state index contributed by atoms with van der Waals surface area (Å²) in [6.45, 7) is 2.32. The van der Waals surface area contributed by atoms with E-state index in [-0.39, 0.29) is 11.8 Å². The summed E-state index contributed by atoms with van der Waals surface area (Å²) < 4.78 is 2.67. The van der Waals surface area contributed by atoms with E-state index in [0.717, 1.165) is 23.4 Å². The summed E-state index contributed by atoms with van der Waals surface area (Å²) >= 11 is 1.87. The lowest BCUT2D eigenvalue weighted by Gasteiger charge is -2.32. The second-order valence-corrected chi connectivity index (χ2v) is 16.4. The summed E-state index contributed by atoms with van der Waals surface area (Å²) in [5.41, 5.74) is 10.8. The maximum Gasteiger partial charge on any atom is 0.0672 e. The van der Waals surface area contributed by atoms with E-state index in [9.17, 15) is 0 Å². The first-order valence-electron chi connectivity index (χ1n) is 20.0. The SMILES string of the molecule is CC[C@@H]1C(c2ccccc2)=NC(c2ccc(-c3ccccc3)cc2)=CC1c1cccc2c3ccccc3c3cc(-c4ccc5sc6ccccc6c5c4)ccc3c12. The average Bonchev–Trinajstić information content (AvgIpc) is 3.67. The minimum atomic E-state index is 0.119. The van der Waals surface area contributed by atoms with Crippen LogP contribution in [-0.2, 0) is 0 Å². The van der Waals surface area contributed by atoms with Gasteiger partial charge in [-0.25, -0.2) is 0 Å². The van der Waals surface area contributed by atoms with E-state index in [0.29, 0.717) is 0 Å². The highest BCUT2D eigenvalue weighted by atomic mass is 32.1. The monoisotopic (exact) mass is 745 g/mol. The number of fused-ring (bicyclic) bond motifs is 9. The van der Waals surface area contributed by atoms with Crippen molar-refractivity contribution in [1.29, 1.82) is 0 Å². The van der Waals surface area contributed by atoms with Gasteiger partial charge in [0.1, 0.15) is 0 Å². The molecule has 1 nitrogen and oxygen atoms in total. The molecule has 11 rings (SSSR count). The zero-order valence-corrected chi connectivity index (χ0v) is 32.5. The molecule has 0 radical (unpaired) electrons. The first kappa shape index (κ1) is 33.7. The third-order valence-corrected chi connectivity index (χ3v) is 13.3. The van der Waals surface area contributed by atoms with Crippen molar-refractivity contribution in [3.63, 3.8) is 0 Å². The maximum atomic E-state index is 5.51. The molecular weight excluding hydrogens is 707 g/mol. The molecule has 9 aromatic carbocycles. The topological polar surface area (TPSA) is 12.4 Å². The number of hydrogen-bond donors (Lipinski definition) is 0. The van der Waals surface area contributed by atoms with Crippen molar-refractivity contribution in [3.05, 3.63) is 211 Å². The van der Waals surface area contributed by atoms with Crippen LogP contribution in [-0.4, -0.2) is 5.71 Å². The number of nitrogens with zero attached hydrogens (tertiary/aromatic N) is 1. The first-order chi connectivity index (χ1) is 28.2. The number of allylic oxidation sites excluding steroid dienone is 1. The van der Waals surface area contributed by atoms with Crippen LogP contribution in [0.4, 0.5) is 0 Å². The van der Waals surface area contributed by atoms with Gasteiger partial charge in [-0.1, -0.05) is 171 Å². The predicted molar refractivity (Wildman–Crippen MR) is 247 cm³/mol. The highest BCUT2D eigenvalue weighted by Crippen LogP contribution is 2.46. The first-order valence-corrected chi connectivity index (χ1v) is 20.8. The quantitative estimate of drug-likeness (QED) is 0.150. The van der Waals surface area contributed by atoms with E-state index in [4.69, 9.17) is 4.99 Å². The molecule has 1 aliphatic heterocycles. The Hall–Kier alpha value is -6.61. The van der Waals surface area contributed by atoms with Gasteiger partial charge in [-0.3, -0.25) is 4.99 Å². The summed E-state index contributed by atoms with van der Waals surface area (Å²) in [6, 6.07) is 69.3. The number of thiophene rings is 1. The van der Waals surface area contributed by atoms with Crippen LogP contribution in [0.25, 0.3) is 80.4 Å². The third kappa shape index (κ3) is 5.71. The van der Waals surface area contributed by atoms with Crippen LogP contribution in [0.15, 0.2) is 199 Å². The van der Waals surface area contributed by atoms with Gasteiger partial charge >= 0.3 is 0 Å². The number of benzene rings is 9. The highest BCUT2D eigenvalue weighted by molar-refractivity contribution is 7.25. The molecule has 1 aliphatic rings. The summed E-state index contributed by atoms with van der Waals surface area (Å²) in [5, 5.41) is 10.5. The molecule has 0 spiro atoms. The molecule has 2 heteroatoms. The van der Waals surface area contributed by atoms with E-state index >= 15 is 0 Å². The minimum absolute atomic E-state index is 0.119. The lowest BCUT2D eigenvalue weighted by Crippen LogP contribution is -2.25. The Balaban J connectivity index is 1.12. The molecule has 0 bridgehead atoms. The van der Waals surface area contributed by atoms with E-state index in [1.807, 2.05) is 11.3 Å². The zero-order valence-electron chi connectivity index (χ0n) is 31.7. The van der Waals surface area contributed by atoms with Crippen molar-refractivity contribution in [2.45, 2.75) is 19.3 Å². The zero-order chi connectivity index (χ0) is 37.9. The lowest BCUT2D eigenvalue weighted by atomic mass is 9.74. The largest absolute Gasteiger partial charge is 0.252 e. The van der Waals surface area contributed by atoms with Crippen molar-refractivity contribution in [2.75, 3.05) is 0 Å². The Morgan fingerprint density at radius 3 is 1.72 bits per heavy atom. The van der Waals surface area contributed by atoms with Gasteiger partial charge in [0.2, 0.25) is 0 Å². The van der Waals surface area contributed by atoms with E-state index in [1.165, 1.54) is 85.9 Å². The lowest BCUT2D eigenvalue weighted by molar-refractivity contribution is 0.596. The van der Waals surface area contributed by atoms with Crippen molar-refractivity contribution in [1.82, 2.24) is 0 Å². The van der Waals surface area contributed by atoms with Gasteiger partial charge in [0, 0.05) is 32.0 Å². The van der Waals surface area contributed by atoms with Gasteiger partial charge < -0.3 is 0 Å². The van der Waals surface area contributed by atoms with Gasteiger partial charge in [0.05, 0.1) is 11.4 Å². The summed E-state index contributed by atoms with van der Waals surface area (Å²) in [6.07, 6.45) is 3.43. The predicted octanol–water partition coefficient (Wildman–Crippen LogP) is 15.5. The van der Waals surface area contributed by atoms with Crippen molar-refractivity contribution < 1.29 is 0 Å². The molecule has 57 heavy (non-hydrogen) atoms. The standard InChI is InChI=1S/C55H39NS/c1-2-41-49(34-51(56-55(41)38-16-7-4-8-17-38)37-26-24-36(25-27-37)35-14-5-3-6-15-35)46-22-13-21-45-42-18-9-10-19-43(42)48-32-39(28-30-47(48)54(45)46)40-29-31-53-50(33-40)44-20-11-12-23-52(44)57-53/h3-34,41,49H,2H2,1H3/t41-,49?/m0/s1. The van der Waals surface area contributed by atoms with Crippen LogP contribution >= 0.6 is 11.3 Å². The molecule has 270 valence electrons. The van der Waals surface area contributed by atoms with Crippen LogP contribution < -0.4 is 0 Å². The Morgan fingerprint density at radius 1 is 0.421 bits per heavy atom. The molecule has 1 unspecified atom stereocenters. The fraction of sp³-hybridized carbons (Fsp3) is 0.0727. The van der Waals surface area contributed by atoms with Crippen LogP contribution in [0.1, 0.15) is 36.0 Å². The Kier molecular flexibility index (Phi) is 8.19. The van der Waals surface area contributed by atoms with Crippen LogP contribution in [0.2, 0.25) is 0 Å². The molecule has 0 saturated carbocycles. The molecule has 0 saturated heterocycles. The molecule has 1 aromatic heterocycles. The Bertz CT molecular complexity index is 3210. The summed E-state index contributed by atoms with van der Waals surface area (Å²) in [4.78, 5) is 5.51. The smallest absolute Gasteiger partial charge is 0.0672 e. The molecule has 10 aromatic rings. The van der Waals surface area contributed by atoms with Gasteiger partial charge in [0.15, 0.2) is 0 Å². The van der Waals surface area contributed by atoms with Gasteiger partial charge in [-0.2, -0.15) is 0 Å². The van der Waals surface area contributed by atoms with Gasteiger partial charge in [-0.05, 0) is 108 Å². The van der Waals surface area contributed by atoms with E-state index < -0.39 is 0 Å². The van der Waals surface area contributed by atoms with E-state index in [2.05, 4.69) is 201 Å². The van der Waals surface area contributed by atoms with Gasteiger partial charge in [0.25, 0.3) is 0 Å². The maximum absolute atomic E-state index is 5.51. The molecule has 2 heterocycles. The number of hydrogen-bond acceptors (Lipinski definition) is 2. The summed E-state index contributed by atoms with van der Waals surface area (Å²) in [7, 11) is 0. The number of rotatable bonds is 6. The number of aliphatic imine (C=N–C) groups is 1. The van der Waals surface area contributed by atoms with E-state index in [1.54, 1.807) is 0 Å². The van der Waals surface area contributed by atoms with Crippen molar-refractivity contribution in [3.8, 4) is 22.3 Å². The molecule has 0 aliphatic carbocycles. The molecule has 0 amide bonds. The van der Waals surface area contributed by atoms with Crippen molar-refractivity contribution in [2.24, 2.45) is 10.9 Å². The Morgan fingerprint density at radius 2 is 0.965 bits per heavy atom. The van der Waals surface area contributed by atoms with Crippen molar-refractivity contribution >= 4 is 75.2 Å². The van der Waals surface area contributed by atoms with Gasteiger partial charge in [-0.15, -0.1) is 11.3 Å². The Labute approximate surface area is 336 Å². The minimum Gasteiger partial charge on any atom is -0.252 e. The van der Waals surface area contributed by atoms with Crippen LogP contribution in [0, 0.1) is 5.92 Å². The fourth-order valence-electron chi connectivity index (χ4n) is 9.37. The van der Waals surface area contributed by atoms with Crippen LogP contribution in [0.5, 0.6) is 0 Å². The molecule has 0 fully saturated rings. The summed E-state index contributed by atoms with van der Waals surface area (Å²) in [5.74, 6) is 0.326. The molecule has 0 N–H and O–H groups in total. The normalized spacial score (nSPS) is 15.7. The average molecular weight is 746 g/mol. The molecular formula is C55H39NS. The highest BCUT2D eigenvalue weighted by Gasteiger charge is 2.32. The second-order valence-electron chi connectivity index (χ2n) is 15.3. The third-order valence-electron chi connectivity index (χ3n) is 12.1.